The van der Waals surface area contributed by atoms with Gasteiger partial charge in [0, 0.05) is 6.04 Å². The van der Waals surface area contributed by atoms with Crippen LogP contribution in [0.1, 0.15) is 46.1 Å². The van der Waals surface area contributed by atoms with Crippen molar-refractivity contribution in [2.24, 2.45) is 17.1 Å². The van der Waals surface area contributed by atoms with E-state index in [1.54, 1.807) is 0 Å². The lowest BCUT2D eigenvalue weighted by molar-refractivity contribution is 0.285. The zero-order valence-electron chi connectivity index (χ0n) is 12.3. The van der Waals surface area contributed by atoms with Gasteiger partial charge in [-0.3, -0.25) is 0 Å². The SMILES string of the molecule is CC(CC(N)Cc1ccc(Cl)c(Cl)c1)CC(C)(C)C. The molecule has 1 nitrogen and oxygen atoms in total. The molecule has 0 saturated carbocycles. The van der Waals surface area contributed by atoms with Crippen LogP contribution in [0.2, 0.25) is 10.0 Å². The zero-order valence-corrected chi connectivity index (χ0v) is 13.9. The van der Waals surface area contributed by atoms with Gasteiger partial charge in [-0.15, -0.1) is 0 Å². The molecule has 0 aromatic heterocycles. The third-order valence-corrected chi connectivity index (χ3v) is 3.89. The van der Waals surface area contributed by atoms with Crippen molar-refractivity contribution < 1.29 is 0 Å². The van der Waals surface area contributed by atoms with Gasteiger partial charge in [0.1, 0.15) is 0 Å². The molecule has 19 heavy (non-hydrogen) atoms. The van der Waals surface area contributed by atoms with E-state index < -0.39 is 0 Å². The molecule has 0 aliphatic carbocycles. The van der Waals surface area contributed by atoms with Crippen LogP contribution in [0, 0.1) is 11.3 Å². The Kier molecular flexibility index (Phi) is 6.16. The quantitative estimate of drug-likeness (QED) is 0.782. The first kappa shape index (κ1) is 16.8. The normalized spacial score (nSPS) is 15.3. The second-order valence-electron chi connectivity index (χ2n) is 6.82. The second kappa shape index (κ2) is 6.97. The molecule has 2 N–H and O–H groups in total. The van der Waals surface area contributed by atoms with Gasteiger partial charge in [0.15, 0.2) is 0 Å². The lowest BCUT2D eigenvalue weighted by Gasteiger charge is -2.25. The highest BCUT2D eigenvalue weighted by atomic mass is 35.5. The van der Waals surface area contributed by atoms with E-state index in [0.29, 0.717) is 21.4 Å². The van der Waals surface area contributed by atoms with Gasteiger partial charge in [-0.2, -0.15) is 0 Å². The molecule has 2 unspecified atom stereocenters. The summed E-state index contributed by atoms with van der Waals surface area (Å²) in [7, 11) is 0. The molecular weight excluding hydrogens is 277 g/mol. The zero-order chi connectivity index (χ0) is 14.6. The smallest absolute Gasteiger partial charge is 0.0595 e. The number of rotatable bonds is 5. The fourth-order valence-electron chi connectivity index (χ4n) is 2.70. The Balaban J connectivity index is 2.50. The van der Waals surface area contributed by atoms with Crippen molar-refractivity contribution in [1.82, 2.24) is 0 Å². The van der Waals surface area contributed by atoms with E-state index >= 15 is 0 Å². The van der Waals surface area contributed by atoms with Crippen molar-refractivity contribution in [2.45, 2.75) is 53.0 Å². The van der Waals surface area contributed by atoms with E-state index in [9.17, 15) is 0 Å². The van der Waals surface area contributed by atoms with Crippen molar-refractivity contribution in [2.75, 3.05) is 0 Å². The van der Waals surface area contributed by atoms with Crippen LogP contribution in [0.25, 0.3) is 0 Å². The molecule has 108 valence electrons. The monoisotopic (exact) mass is 301 g/mol. The van der Waals surface area contributed by atoms with Gasteiger partial charge < -0.3 is 5.73 Å². The van der Waals surface area contributed by atoms with E-state index in [4.69, 9.17) is 28.9 Å². The molecular formula is C16H25Cl2N. The first-order valence-corrected chi connectivity index (χ1v) is 7.62. The molecule has 0 radical (unpaired) electrons. The summed E-state index contributed by atoms with van der Waals surface area (Å²) in [6.07, 6.45) is 3.09. The van der Waals surface area contributed by atoms with Crippen molar-refractivity contribution >= 4 is 23.2 Å². The van der Waals surface area contributed by atoms with Gasteiger partial charge in [0.25, 0.3) is 0 Å². The number of hydrogen-bond acceptors (Lipinski definition) is 1. The first-order valence-electron chi connectivity index (χ1n) is 6.87. The third-order valence-electron chi connectivity index (χ3n) is 3.15. The van der Waals surface area contributed by atoms with Crippen LogP contribution < -0.4 is 5.73 Å². The largest absolute Gasteiger partial charge is 0.327 e. The van der Waals surface area contributed by atoms with E-state index in [2.05, 4.69) is 27.7 Å². The van der Waals surface area contributed by atoms with Gasteiger partial charge in [-0.05, 0) is 48.3 Å². The summed E-state index contributed by atoms with van der Waals surface area (Å²) in [5, 5.41) is 1.20. The molecule has 1 aromatic carbocycles. The maximum absolute atomic E-state index is 6.24. The number of benzene rings is 1. The van der Waals surface area contributed by atoms with Crippen LogP contribution in [0.4, 0.5) is 0 Å². The summed E-state index contributed by atoms with van der Waals surface area (Å²) < 4.78 is 0. The molecule has 0 heterocycles. The fraction of sp³-hybridized carbons (Fsp3) is 0.625. The van der Waals surface area contributed by atoms with Gasteiger partial charge >= 0.3 is 0 Å². The van der Waals surface area contributed by atoms with Crippen molar-refractivity contribution in [3.05, 3.63) is 33.8 Å². The summed E-state index contributed by atoms with van der Waals surface area (Å²) in [5.41, 5.74) is 7.76. The van der Waals surface area contributed by atoms with Gasteiger partial charge in [-0.1, -0.05) is 57.0 Å². The number of hydrogen-bond donors (Lipinski definition) is 1. The molecule has 0 bridgehead atoms. The van der Waals surface area contributed by atoms with Crippen LogP contribution >= 0.6 is 23.2 Å². The van der Waals surface area contributed by atoms with Crippen LogP contribution in [-0.4, -0.2) is 6.04 Å². The summed E-state index contributed by atoms with van der Waals surface area (Å²) in [5.74, 6) is 0.637. The summed E-state index contributed by atoms with van der Waals surface area (Å²) >= 11 is 11.9. The Labute approximate surface area is 127 Å². The number of halogens is 2. The highest BCUT2D eigenvalue weighted by Crippen LogP contribution is 2.27. The van der Waals surface area contributed by atoms with Crippen LogP contribution in [0.5, 0.6) is 0 Å². The molecule has 0 aliphatic rings. The maximum Gasteiger partial charge on any atom is 0.0595 e. The molecule has 0 fully saturated rings. The summed E-state index contributed by atoms with van der Waals surface area (Å²) in [6.45, 7) is 9.09. The molecule has 0 spiro atoms. The Morgan fingerprint density at radius 3 is 2.32 bits per heavy atom. The van der Waals surface area contributed by atoms with Crippen molar-refractivity contribution in [1.29, 1.82) is 0 Å². The molecule has 0 aliphatic heterocycles. The topological polar surface area (TPSA) is 26.0 Å². The van der Waals surface area contributed by atoms with Gasteiger partial charge in [0.05, 0.1) is 10.0 Å². The van der Waals surface area contributed by atoms with Crippen LogP contribution in [-0.2, 0) is 6.42 Å². The Morgan fingerprint density at radius 2 is 1.79 bits per heavy atom. The first-order chi connectivity index (χ1) is 8.67. The van der Waals surface area contributed by atoms with Crippen molar-refractivity contribution in [3.8, 4) is 0 Å². The molecule has 1 rings (SSSR count). The van der Waals surface area contributed by atoms with Gasteiger partial charge in [-0.25, -0.2) is 0 Å². The standard InChI is InChI=1S/C16H25Cl2N/c1-11(10-16(2,3)4)7-13(19)8-12-5-6-14(17)15(18)9-12/h5-6,9,11,13H,7-8,10,19H2,1-4H3. The average molecular weight is 302 g/mol. The highest BCUT2D eigenvalue weighted by Gasteiger charge is 2.17. The fourth-order valence-corrected chi connectivity index (χ4v) is 3.02. The minimum absolute atomic E-state index is 0.176. The van der Waals surface area contributed by atoms with E-state index in [0.717, 1.165) is 18.4 Å². The highest BCUT2D eigenvalue weighted by molar-refractivity contribution is 6.42. The van der Waals surface area contributed by atoms with Crippen molar-refractivity contribution in [3.63, 3.8) is 0 Å². The predicted molar refractivity (Wildman–Crippen MR) is 86.0 cm³/mol. The summed E-state index contributed by atoms with van der Waals surface area (Å²) in [4.78, 5) is 0. The molecule has 2 atom stereocenters. The number of nitrogens with two attached hydrogens (primary N) is 1. The molecule has 0 amide bonds. The Hall–Kier alpha value is -0.240. The Morgan fingerprint density at radius 1 is 1.16 bits per heavy atom. The molecule has 3 heteroatoms. The average Bonchev–Trinajstić information content (AvgIpc) is 2.20. The molecule has 1 aromatic rings. The van der Waals surface area contributed by atoms with E-state index in [-0.39, 0.29) is 6.04 Å². The van der Waals surface area contributed by atoms with Crippen LogP contribution in [0.15, 0.2) is 18.2 Å². The lowest BCUT2D eigenvalue weighted by Crippen LogP contribution is -2.26. The Bertz CT molecular complexity index is 410. The van der Waals surface area contributed by atoms with E-state index in [1.807, 2.05) is 18.2 Å². The van der Waals surface area contributed by atoms with Gasteiger partial charge in [0.2, 0.25) is 0 Å². The third kappa shape index (κ3) is 6.65. The molecule has 0 saturated heterocycles. The minimum atomic E-state index is 0.176. The minimum Gasteiger partial charge on any atom is -0.327 e. The maximum atomic E-state index is 6.24. The summed E-state index contributed by atoms with van der Waals surface area (Å²) in [6, 6.07) is 5.93. The predicted octanol–water partition coefficient (Wildman–Crippen LogP) is 5.33. The van der Waals surface area contributed by atoms with E-state index in [1.165, 1.54) is 6.42 Å². The van der Waals surface area contributed by atoms with Crippen LogP contribution in [0.3, 0.4) is 0 Å². The second-order valence-corrected chi connectivity index (χ2v) is 7.63. The lowest BCUT2D eigenvalue weighted by atomic mass is 9.82.